The van der Waals surface area contributed by atoms with Crippen LogP contribution in [0.1, 0.15) is 0 Å². The van der Waals surface area contributed by atoms with Gasteiger partial charge in [0.25, 0.3) is 5.91 Å². The van der Waals surface area contributed by atoms with E-state index in [9.17, 15) is 4.79 Å². The van der Waals surface area contributed by atoms with Crippen LogP contribution in [0, 0.1) is 0 Å². The molecule has 0 fully saturated rings. The summed E-state index contributed by atoms with van der Waals surface area (Å²) in [6, 6.07) is 23.9. The molecule has 3 aromatic rings. The normalized spacial score (nSPS) is 10.1. The number of benzene rings is 3. The second-order valence-corrected chi connectivity index (χ2v) is 5.73. The molecule has 0 aliphatic heterocycles. The zero-order valence-electron chi connectivity index (χ0n) is 15.3. The third-order valence-corrected chi connectivity index (χ3v) is 3.98. The molecule has 1 amide bonds. The summed E-state index contributed by atoms with van der Waals surface area (Å²) in [5, 5.41) is 0. The molecule has 5 nitrogen and oxygen atoms in total. The van der Waals surface area contributed by atoms with Gasteiger partial charge in [-0.3, -0.25) is 9.69 Å². The van der Waals surface area contributed by atoms with Crippen molar-refractivity contribution in [3.8, 4) is 17.2 Å². The van der Waals surface area contributed by atoms with Gasteiger partial charge in [0.2, 0.25) is 0 Å². The number of ether oxygens (including phenoxy) is 3. The Bertz CT molecular complexity index is 848. The summed E-state index contributed by atoms with van der Waals surface area (Å²) >= 11 is 0. The van der Waals surface area contributed by atoms with Gasteiger partial charge in [0, 0.05) is 12.1 Å². The lowest BCUT2D eigenvalue weighted by atomic mass is 10.2. The maximum absolute atomic E-state index is 13.0. The van der Waals surface area contributed by atoms with E-state index in [-0.39, 0.29) is 12.5 Å². The molecular weight excluding hydrogens is 342 g/mol. The molecule has 0 aliphatic rings. The van der Waals surface area contributed by atoms with Crippen LogP contribution in [0.15, 0.2) is 78.9 Å². The van der Waals surface area contributed by atoms with Crippen LogP contribution in [-0.2, 0) is 4.79 Å². The van der Waals surface area contributed by atoms with Gasteiger partial charge >= 0.3 is 0 Å². The van der Waals surface area contributed by atoms with Gasteiger partial charge in [-0.25, -0.2) is 0 Å². The van der Waals surface area contributed by atoms with Crippen LogP contribution in [0.4, 0.5) is 11.4 Å². The molecule has 0 N–H and O–H groups in total. The molecule has 0 saturated carbocycles. The van der Waals surface area contributed by atoms with Gasteiger partial charge < -0.3 is 14.2 Å². The minimum absolute atomic E-state index is 0.0988. The number of carbonyl (C=O) groups is 1. The SMILES string of the molecule is COc1cccc(N(C(=O)COc2ccccc2)c2cccc(OC)c2)c1. The first-order valence-corrected chi connectivity index (χ1v) is 8.50. The Balaban J connectivity index is 1.92. The average Bonchev–Trinajstić information content (AvgIpc) is 2.73. The topological polar surface area (TPSA) is 48.0 Å². The van der Waals surface area contributed by atoms with Crippen molar-refractivity contribution in [3.63, 3.8) is 0 Å². The number of hydrogen-bond acceptors (Lipinski definition) is 4. The molecular formula is C22H21NO4. The van der Waals surface area contributed by atoms with E-state index in [0.717, 1.165) is 0 Å². The van der Waals surface area contributed by atoms with Crippen LogP contribution in [0.5, 0.6) is 17.2 Å². The van der Waals surface area contributed by atoms with Crippen molar-refractivity contribution in [2.45, 2.75) is 0 Å². The van der Waals surface area contributed by atoms with Crippen LogP contribution >= 0.6 is 0 Å². The minimum Gasteiger partial charge on any atom is -0.497 e. The lowest BCUT2D eigenvalue weighted by Gasteiger charge is -2.24. The monoisotopic (exact) mass is 363 g/mol. The smallest absolute Gasteiger partial charge is 0.269 e. The second kappa shape index (κ2) is 8.76. The van der Waals surface area contributed by atoms with E-state index in [2.05, 4.69) is 0 Å². The number of nitrogens with zero attached hydrogens (tertiary/aromatic N) is 1. The Morgan fingerprint density at radius 1 is 0.741 bits per heavy atom. The highest BCUT2D eigenvalue weighted by molar-refractivity contribution is 6.01. The van der Waals surface area contributed by atoms with Crippen molar-refractivity contribution < 1.29 is 19.0 Å². The molecule has 27 heavy (non-hydrogen) atoms. The fraction of sp³-hybridized carbons (Fsp3) is 0.136. The Morgan fingerprint density at radius 3 is 1.78 bits per heavy atom. The Hall–Kier alpha value is -3.47. The van der Waals surface area contributed by atoms with E-state index in [1.165, 1.54) is 0 Å². The molecule has 0 atom stereocenters. The Morgan fingerprint density at radius 2 is 1.26 bits per heavy atom. The first-order chi connectivity index (χ1) is 13.2. The molecule has 3 aromatic carbocycles. The van der Waals surface area contributed by atoms with Gasteiger partial charge in [0.05, 0.1) is 25.6 Å². The summed E-state index contributed by atoms with van der Waals surface area (Å²) in [6.07, 6.45) is 0. The number of para-hydroxylation sites is 1. The molecule has 0 radical (unpaired) electrons. The Labute approximate surface area is 158 Å². The van der Waals surface area contributed by atoms with Crippen molar-refractivity contribution in [2.24, 2.45) is 0 Å². The highest BCUT2D eigenvalue weighted by atomic mass is 16.5. The van der Waals surface area contributed by atoms with Gasteiger partial charge in [-0.15, -0.1) is 0 Å². The van der Waals surface area contributed by atoms with Gasteiger partial charge in [-0.1, -0.05) is 30.3 Å². The summed E-state index contributed by atoms with van der Waals surface area (Å²) in [4.78, 5) is 14.6. The van der Waals surface area contributed by atoms with E-state index in [1.54, 1.807) is 31.3 Å². The lowest BCUT2D eigenvalue weighted by Crippen LogP contribution is -2.31. The third kappa shape index (κ3) is 4.58. The number of hydrogen-bond donors (Lipinski definition) is 0. The molecule has 0 aromatic heterocycles. The van der Waals surface area contributed by atoms with Crippen LogP contribution < -0.4 is 19.1 Å². The summed E-state index contributed by atoms with van der Waals surface area (Å²) in [6.45, 7) is -0.0988. The van der Waals surface area contributed by atoms with Crippen molar-refractivity contribution in [1.29, 1.82) is 0 Å². The maximum atomic E-state index is 13.0. The number of methoxy groups -OCH3 is 2. The summed E-state index contributed by atoms with van der Waals surface area (Å²) in [7, 11) is 3.19. The summed E-state index contributed by atoms with van der Waals surface area (Å²) in [5.74, 6) is 1.76. The molecule has 138 valence electrons. The van der Waals surface area contributed by atoms with Gasteiger partial charge in [0.15, 0.2) is 6.61 Å². The molecule has 0 saturated heterocycles. The van der Waals surface area contributed by atoms with Crippen LogP contribution in [0.2, 0.25) is 0 Å². The quantitative estimate of drug-likeness (QED) is 0.622. The van der Waals surface area contributed by atoms with E-state index < -0.39 is 0 Å². The first-order valence-electron chi connectivity index (χ1n) is 8.50. The number of anilines is 2. The zero-order chi connectivity index (χ0) is 19.1. The summed E-state index contributed by atoms with van der Waals surface area (Å²) < 4.78 is 16.3. The molecule has 0 bridgehead atoms. The highest BCUT2D eigenvalue weighted by Crippen LogP contribution is 2.31. The molecule has 0 unspecified atom stereocenters. The van der Waals surface area contributed by atoms with Crippen LogP contribution in [-0.4, -0.2) is 26.7 Å². The number of amides is 1. The lowest BCUT2D eigenvalue weighted by molar-refractivity contribution is -0.119. The molecule has 5 heteroatoms. The van der Waals surface area contributed by atoms with E-state index >= 15 is 0 Å². The number of rotatable bonds is 7. The van der Waals surface area contributed by atoms with Gasteiger partial charge in [0.1, 0.15) is 17.2 Å². The van der Waals surface area contributed by atoms with E-state index in [0.29, 0.717) is 28.6 Å². The van der Waals surface area contributed by atoms with Gasteiger partial charge in [-0.05, 0) is 36.4 Å². The predicted octanol–water partition coefficient (Wildman–Crippen LogP) is 4.45. The predicted molar refractivity (Wildman–Crippen MR) is 105 cm³/mol. The maximum Gasteiger partial charge on any atom is 0.269 e. The third-order valence-electron chi connectivity index (χ3n) is 3.98. The van der Waals surface area contributed by atoms with Gasteiger partial charge in [-0.2, -0.15) is 0 Å². The fourth-order valence-corrected chi connectivity index (χ4v) is 2.66. The summed E-state index contributed by atoms with van der Waals surface area (Å²) in [5.41, 5.74) is 1.37. The second-order valence-electron chi connectivity index (χ2n) is 5.73. The first kappa shape index (κ1) is 18.3. The standard InChI is InChI=1S/C22H21NO4/c1-25-20-12-6-8-17(14-20)23(18-9-7-13-21(15-18)26-2)22(24)16-27-19-10-4-3-5-11-19/h3-15H,16H2,1-2H3. The largest absolute Gasteiger partial charge is 0.497 e. The number of carbonyl (C=O) groups excluding carboxylic acids is 1. The van der Waals surface area contributed by atoms with Crippen LogP contribution in [0.3, 0.4) is 0 Å². The van der Waals surface area contributed by atoms with E-state index in [1.807, 2.05) is 66.7 Å². The Kier molecular flexibility index (Phi) is 5.94. The van der Waals surface area contributed by atoms with Crippen molar-refractivity contribution in [2.75, 3.05) is 25.7 Å². The minimum atomic E-state index is -0.208. The van der Waals surface area contributed by atoms with Crippen molar-refractivity contribution >= 4 is 17.3 Å². The average molecular weight is 363 g/mol. The molecule has 0 heterocycles. The fourth-order valence-electron chi connectivity index (χ4n) is 2.66. The molecule has 3 rings (SSSR count). The zero-order valence-corrected chi connectivity index (χ0v) is 15.3. The molecule has 0 aliphatic carbocycles. The van der Waals surface area contributed by atoms with Crippen molar-refractivity contribution in [3.05, 3.63) is 78.9 Å². The molecule has 0 spiro atoms. The van der Waals surface area contributed by atoms with Crippen LogP contribution in [0.25, 0.3) is 0 Å². The van der Waals surface area contributed by atoms with Crippen molar-refractivity contribution in [1.82, 2.24) is 0 Å². The van der Waals surface area contributed by atoms with E-state index in [4.69, 9.17) is 14.2 Å². The highest BCUT2D eigenvalue weighted by Gasteiger charge is 2.20.